The fourth-order valence-corrected chi connectivity index (χ4v) is 3.44. The van der Waals surface area contributed by atoms with Crippen LogP contribution in [0.2, 0.25) is 0 Å². The maximum Gasteiger partial charge on any atom is 0.262 e. The number of amides is 2. The third kappa shape index (κ3) is 3.47. The Hall–Kier alpha value is -3.60. The van der Waals surface area contributed by atoms with Gasteiger partial charge in [0, 0.05) is 17.8 Å². The molecule has 5 heteroatoms. The standard InChI is InChI=1S/C24H22N2O3/c1-4-26-20-14-17(23(27)25-19-13-15(2)9-10-16(19)3)11-12-22(20)29-21-8-6-5-7-18(21)24(26)28/h5-14H,4H2,1-3H3,(H,25,27). The van der Waals surface area contributed by atoms with Crippen LogP contribution in [0.4, 0.5) is 11.4 Å². The molecule has 4 rings (SSSR count). The number of nitrogens with one attached hydrogen (secondary N) is 1. The quantitative estimate of drug-likeness (QED) is 0.662. The molecule has 0 atom stereocenters. The van der Waals surface area contributed by atoms with E-state index in [1.54, 1.807) is 35.2 Å². The van der Waals surface area contributed by atoms with Crippen LogP contribution in [-0.2, 0) is 0 Å². The van der Waals surface area contributed by atoms with Crippen molar-refractivity contribution in [2.24, 2.45) is 0 Å². The number of rotatable bonds is 3. The van der Waals surface area contributed by atoms with Gasteiger partial charge in [-0.2, -0.15) is 0 Å². The number of fused-ring (bicyclic) bond motifs is 2. The molecule has 1 aliphatic rings. The fourth-order valence-electron chi connectivity index (χ4n) is 3.44. The Morgan fingerprint density at radius 2 is 1.79 bits per heavy atom. The van der Waals surface area contributed by atoms with Crippen molar-refractivity contribution in [1.29, 1.82) is 0 Å². The van der Waals surface area contributed by atoms with Gasteiger partial charge in [0.05, 0.1) is 11.3 Å². The summed E-state index contributed by atoms with van der Waals surface area (Å²) in [5, 5.41) is 2.97. The Balaban J connectivity index is 1.71. The van der Waals surface area contributed by atoms with Crippen molar-refractivity contribution in [1.82, 2.24) is 0 Å². The predicted molar refractivity (Wildman–Crippen MR) is 114 cm³/mol. The number of hydrogen-bond acceptors (Lipinski definition) is 3. The van der Waals surface area contributed by atoms with Crippen LogP contribution in [0.3, 0.4) is 0 Å². The summed E-state index contributed by atoms with van der Waals surface area (Å²) >= 11 is 0. The minimum atomic E-state index is -0.230. The van der Waals surface area contributed by atoms with E-state index >= 15 is 0 Å². The van der Waals surface area contributed by atoms with Crippen LogP contribution in [-0.4, -0.2) is 18.4 Å². The smallest absolute Gasteiger partial charge is 0.262 e. The predicted octanol–water partition coefficient (Wildman–Crippen LogP) is 5.33. The molecule has 146 valence electrons. The van der Waals surface area contributed by atoms with Crippen molar-refractivity contribution in [3.8, 4) is 11.5 Å². The summed E-state index contributed by atoms with van der Waals surface area (Å²) in [5.74, 6) is 0.691. The van der Waals surface area contributed by atoms with Crippen molar-refractivity contribution in [2.75, 3.05) is 16.8 Å². The minimum absolute atomic E-state index is 0.145. The summed E-state index contributed by atoms with van der Waals surface area (Å²) in [4.78, 5) is 27.6. The lowest BCUT2D eigenvalue weighted by molar-refractivity contribution is 0.0985. The number of hydrogen-bond donors (Lipinski definition) is 1. The van der Waals surface area contributed by atoms with E-state index in [1.807, 2.05) is 51.1 Å². The second-order valence-corrected chi connectivity index (χ2v) is 7.10. The number of carbonyl (C=O) groups is 2. The van der Waals surface area contributed by atoms with Crippen LogP contribution < -0.4 is 15.0 Å². The highest BCUT2D eigenvalue weighted by atomic mass is 16.5. The Bertz CT molecular complexity index is 1120. The Morgan fingerprint density at radius 3 is 2.59 bits per heavy atom. The molecular weight excluding hydrogens is 364 g/mol. The molecule has 5 nitrogen and oxygen atoms in total. The molecule has 29 heavy (non-hydrogen) atoms. The summed E-state index contributed by atoms with van der Waals surface area (Å²) in [5.41, 5.74) is 4.39. The molecule has 0 saturated heterocycles. The van der Waals surface area contributed by atoms with Gasteiger partial charge in [-0.3, -0.25) is 9.59 Å². The molecule has 2 amide bonds. The van der Waals surface area contributed by atoms with Gasteiger partial charge in [0.15, 0.2) is 5.75 Å². The lowest BCUT2D eigenvalue weighted by Crippen LogP contribution is -2.30. The maximum absolute atomic E-state index is 13.0. The highest BCUT2D eigenvalue weighted by Gasteiger charge is 2.27. The summed E-state index contributed by atoms with van der Waals surface area (Å²) in [6, 6.07) is 18.3. The molecule has 0 bridgehead atoms. The molecule has 0 aliphatic carbocycles. The van der Waals surface area contributed by atoms with Crippen molar-refractivity contribution >= 4 is 23.2 Å². The molecule has 0 spiro atoms. The topological polar surface area (TPSA) is 58.6 Å². The van der Waals surface area contributed by atoms with Crippen LogP contribution in [0.25, 0.3) is 0 Å². The number of carbonyl (C=O) groups excluding carboxylic acids is 2. The summed E-state index contributed by atoms with van der Waals surface area (Å²) in [6.45, 7) is 6.30. The lowest BCUT2D eigenvalue weighted by atomic mass is 10.1. The number of para-hydroxylation sites is 1. The van der Waals surface area contributed by atoms with Crippen LogP contribution in [0.1, 0.15) is 38.8 Å². The van der Waals surface area contributed by atoms with Crippen molar-refractivity contribution in [3.05, 3.63) is 82.9 Å². The van der Waals surface area contributed by atoms with Crippen molar-refractivity contribution < 1.29 is 14.3 Å². The van der Waals surface area contributed by atoms with E-state index in [1.165, 1.54) is 0 Å². The third-order valence-electron chi connectivity index (χ3n) is 5.05. The zero-order valence-electron chi connectivity index (χ0n) is 16.7. The van der Waals surface area contributed by atoms with Crippen LogP contribution >= 0.6 is 0 Å². The van der Waals surface area contributed by atoms with E-state index in [2.05, 4.69) is 5.32 Å². The highest BCUT2D eigenvalue weighted by molar-refractivity contribution is 6.11. The molecule has 0 saturated carbocycles. The molecule has 1 N–H and O–H groups in total. The van der Waals surface area contributed by atoms with Crippen LogP contribution in [0, 0.1) is 13.8 Å². The van der Waals surface area contributed by atoms with Gasteiger partial charge in [-0.05, 0) is 68.3 Å². The van der Waals surface area contributed by atoms with Gasteiger partial charge < -0.3 is 15.0 Å². The monoisotopic (exact) mass is 386 g/mol. The van der Waals surface area contributed by atoms with E-state index < -0.39 is 0 Å². The largest absolute Gasteiger partial charge is 0.454 e. The Labute approximate surface area is 169 Å². The summed E-state index contributed by atoms with van der Waals surface area (Å²) in [6.07, 6.45) is 0. The first kappa shape index (κ1) is 18.7. The molecule has 0 fully saturated rings. The van der Waals surface area contributed by atoms with Gasteiger partial charge in [-0.25, -0.2) is 0 Å². The van der Waals surface area contributed by atoms with E-state index in [-0.39, 0.29) is 11.8 Å². The molecular formula is C24H22N2O3. The lowest BCUT2D eigenvalue weighted by Gasteiger charge is -2.21. The zero-order chi connectivity index (χ0) is 20.5. The second kappa shape index (κ2) is 7.43. The average Bonchev–Trinajstić information content (AvgIpc) is 2.84. The first-order valence-corrected chi connectivity index (χ1v) is 9.59. The van der Waals surface area contributed by atoms with E-state index in [9.17, 15) is 9.59 Å². The average molecular weight is 386 g/mol. The number of ether oxygens (including phenoxy) is 1. The molecule has 0 unspecified atom stereocenters. The van der Waals surface area contributed by atoms with Gasteiger partial charge in [0.2, 0.25) is 0 Å². The van der Waals surface area contributed by atoms with E-state index in [4.69, 9.17) is 4.74 Å². The van der Waals surface area contributed by atoms with E-state index in [0.29, 0.717) is 34.9 Å². The van der Waals surface area contributed by atoms with Crippen LogP contribution in [0.15, 0.2) is 60.7 Å². The molecule has 0 aromatic heterocycles. The first-order valence-electron chi connectivity index (χ1n) is 9.59. The number of nitrogens with zero attached hydrogens (tertiary/aromatic N) is 1. The summed E-state index contributed by atoms with van der Waals surface area (Å²) in [7, 11) is 0. The molecule has 1 heterocycles. The van der Waals surface area contributed by atoms with Gasteiger partial charge in [0.1, 0.15) is 5.75 Å². The Kier molecular flexibility index (Phi) is 4.80. The minimum Gasteiger partial charge on any atom is -0.454 e. The van der Waals surface area contributed by atoms with E-state index in [0.717, 1.165) is 16.8 Å². The SMILES string of the molecule is CCN1C(=O)c2ccccc2Oc2ccc(C(=O)Nc3cc(C)ccc3C)cc21. The van der Waals surface area contributed by atoms with Gasteiger partial charge in [-0.1, -0.05) is 24.3 Å². The van der Waals surface area contributed by atoms with Crippen molar-refractivity contribution in [2.45, 2.75) is 20.8 Å². The fraction of sp³-hybridized carbons (Fsp3) is 0.167. The second-order valence-electron chi connectivity index (χ2n) is 7.10. The Morgan fingerprint density at radius 1 is 1.00 bits per heavy atom. The number of benzene rings is 3. The van der Waals surface area contributed by atoms with Gasteiger partial charge >= 0.3 is 0 Å². The van der Waals surface area contributed by atoms with Crippen LogP contribution in [0.5, 0.6) is 11.5 Å². The zero-order valence-corrected chi connectivity index (χ0v) is 16.7. The molecule has 1 aliphatic heterocycles. The number of anilines is 2. The summed E-state index contributed by atoms with van der Waals surface area (Å²) < 4.78 is 6.00. The first-order chi connectivity index (χ1) is 14.0. The molecule has 0 radical (unpaired) electrons. The normalized spacial score (nSPS) is 12.5. The maximum atomic E-state index is 13.0. The highest BCUT2D eigenvalue weighted by Crippen LogP contribution is 2.39. The molecule has 3 aromatic carbocycles. The number of aryl methyl sites for hydroxylation is 2. The van der Waals surface area contributed by atoms with Crippen molar-refractivity contribution in [3.63, 3.8) is 0 Å². The third-order valence-corrected chi connectivity index (χ3v) is 5.05. The molecule has 3 aromatic rings. The van der Waals surface area contributed by atoms with Gasteiger partial charge in [-0.15, -0.1) is 0 Å². The van der Waals surface area contributed by atoms with Gasteiger partial charge in [0.25, 0.3) is 11.8 Å².